The molecule has 2 heterocycles. The zero-order valence-electron chi connectivity index (χ0n) is 10.7. The third kappa shape index (κ3) is 2.25. The Morgan fingerprint density at radius 2 is 2.20 bits per heavy atom. The van der Waals surface area contributed by atoms with E-state index in [1.165, 1.54) is 15.6 Å². The van der Waals surface area contributed by atoms with Gasteiger partial charge in [-0.15, -0.1) is 11.3 Å². The van der Waals surface area contributed by atoms with Crippen molar-refractivity contribution in [1.82, 2.24) is 4.31 Å². The predicted molar refractivity (Wildman–Crippen MR) is 77.4 cm³/mol. The first-order valence-electron chi connectivity index (χ1n) is 6.31. The van der Waals surface area contributed by atoms with Gasteiger partial charge in [-0.25, -0.2) is 8.42 Å². The predicted octanol–water partition coefficient (Wildman–Crippen LogP) is 1.28. The fourth-order valence-electron chi connectivity index (χ4n) is 2.38. The lowest BCUT2D eigenvalue weighted by molar-refractivity contribution is 0.0109. The van der Waals surface area contributed by atoms with Crippen LogP contribution in [0.4, 0.5) is 0 Å². The highest BCUT2D eigenvalue weighted by atomic mass is 32.2. The van der Waals surface area contributed by atoms with Crippen LogP contribution >= 0.6 is 11.3 Å². The third-order valence-electron chi connectivity index (χ3n) is 3.42. The van der Waals surface area contributed by atoms with Crippen LogP contribution in [0.3, 0.4) is 0 Å². The van der Waals surface area contributed by atoms with Crippen molar-refractivity contribution in [3.63, 3.8) is 0 Å². The molecule has 0 aliphatic carbocycles. The van der Waals surface area contributed by atoms with Gasteiger partial charge in [0, 0.05) is 22.0 Å². The van der Waals surface area contributed by atoms with Crippen molar-refractivity contribution < 1.29 is 18.3 Å². The van der Waals surface area contributed by atoms with Crippen LogP contribution in [0, 0.1) is 0 Å². The zero-order valence-corrected chi connectivity index (χ0v) is 12.4. The number of rotatable bonds is 3. The van der Waals surface area contributed by atoms with Crippen molar-refractivity contribution in [2.24, 2.45) is 0 Å². The van der Waals surface area contributed by atoms with Crippen LogP contribution in [-0.4, -0.2) is 50.2 Å². The second kappa shape index (κ2) is 5.42. The Morgan fingerprint density at radius 3 is 3.00 bits per heavy atom. The van der Waals surface area contributed by atoms with E-state index in [0.717, 1.165) is 10.1 Å². The molecule has 1 N–H and O–H groups in total. The lowest BCUT2D eigenvalue weighted by Crippen LogP contribution is -2.50. The molecule has 1 unspecified atom stereocenters. The van der Waals surface area contributed by atoms with Gasteiger partial charge in [0.15, 0.2) is 0 Å². The van der Waals surface area contributed by atoms with E-state index in [2.05, 4.69) is 0 Å². The summed E-state index contributed by atoms with van der Waals surface area (Å²) in [4.78, 5) is 0.318. The maximum Gasteiger partial charge on any atom is 0.245 e. The smallest absolute Gasteiger partial charge is 0.245 e. The molecule has 2 aromatic rings. The van der Waals surface area contributed by atoms with Crippen LogP contribution < -0.4 is 0 Å². The van der Waals surface area contributed by atoms with Gasteiger partial charge in [0.2, 0.25) is 10.0 Å². The molecular formula is C13H15NO4S2. The molecular weight excluding hydrogens is 298 g/mol. The van der Waals surface area contributed by atoms with Gasteiger partial charge in [0.1, 0.15) is 4.90 Å². The largest absolute Gasteiger partial charge is 0.395 e. The van der Waals surface area contributed by atoms with Crippen molar-refractivity contribution in [3.05, 3.63) is 29.6 Å². The minimum Gasteiger partial charge on any atom is -0.395 e. The number of hydrogen-bond donors (Lipinski definition) is 1. The Bertz CT molecular complexity index is 710. The fourth-order valence-corrected chi connectivity index (χ4v) is 5.44. The Hall–Kier alpha value is -0.990. The minimum absolute atomic E-state index is 0.234. The number of fused-ring (bicyclic) bond motifs is 1. The number of thiophene rings is 1. The first-order valence-corrected chi connectivity index (χ1v) is 8.63. The van der Waals surface area contributed by atoms with Crippen LogP contribution in [-0.2, 0) is 14.8 Å². The summed E-state index contributed by atoms with van der Waals surface area (Å²) in [6, 6.07) is 6.93. The van der Waals surface area contributed by atoms with Gasteiger partial charge in [-0.1, -0.05) is 18.2 Å². The van der Waals surface area contributed by atoms with Gasteiger partial charge in [0.05, 0.1) is 25.9 Å². The number of aliphatic hydroxyl groups is 1. The lowest BCUT2D eigenvalue weighted by Gasteiger charge is -2.33. The maximum atomic E-state index is 12.8. The molecule has 3 rings (SSSR count). The summed E-state index contributed by atoms with van der Waals surface area (Å²) in [7, 11) is -3.60. The molecule has 1 aliphatic heterocycles. The van der Waals surface area contributed by atoms with Crippen LogP contribution in [0.5, 0.6) is 0 Å². The molecule has 1 aromatic carbocycles. The Labute approximate surface area is 121 Å². The summed E-state index contributed by atoms with van der Waals surface area (Å²) in [5.41, 5.74) is 0. The van der Waals surface area contributed by atoms with E-state index in [9.17, 15) is 13.5 Å². The van der Waals surface area contributed by atoms with E-state index >= 15 is 0 Å². The molecule has 0 bridgehead atoms. The molecule has 108 valence electrons. The van der Waals surface area contributed by atoms with Gasteiger partial charge in [-0.3, -0.25) is 0 Å². The molecule has 1 aromatic heterocycles. The van der Waals surface area contributed by atoms with Crippen LogP contribution in [0.1, 0.15) is 0 Å². The van der Waals surface area contributed by atoms with Crippen molar-refractivity contribution in [2.75, 3.05) is 26.4 Å². The van der Waals surface area contributed by atoms with Crippen molar-refractivity contribution >= 4 is 31.4 Å². The molecule has 0 spiro atoms. The highest BCUT2D eigenvalue weighted by Crippen LogP contribution is 2.32. The molecule has 0 radical (unpaired) electrons. The molecule has 1 saturated heterocycles. The Balaban J connectivity index is 2.07. The van der Waals surface area contributed by atoms with Crippen molar-refractivity contribution in [3.8, 4) is 0 Å². The van der Waals surface area contributed by atoms with Gasteiger partial charge in [0.25, 0.3) is 0 Å². The summed E-state index contributed by atoms with van der Waals surface area (Å²) in [5.74, 6) is 0. The average Bonchev–Trinajstić information content (AvgIpc) is 2.92. The summed E-state index contributed by atoms with van der Waals surface area (Å²) in [6.07, 6.45) is 0. The van der Waals surface area contributed by atoms with Crippen LogP contribution in [0.2, 0.25) is 0 Å². The van der Waals surface area contributed by atoms with E-state index in [4.69, 9.17) is 4.74 Å². The molecule has 5 nitrogen and oxygen atoms in total. The van der Waals surface area contributed by atoms with E-state index in [-0.39, 0.29) is 19.8 Å². The standard InChI is InChI=1S/C13H15NO4S2/c15-7-10-8-18-6-5-14(10)20(16,17)13-9-19-12-4-2-1-3-11(12)13/h1-4,9-10,15H,5-8H2. The third-order valence-corrected chi connectivity index (χ3v) is 6.52. The first-order chi connectivity index (χ1) is 9.64. The Kier molecular flexibility index (Phi) is 3.78. The highest BCUT2D eigenvalue weighted by Gasteiger charge is 2.35. The SMILES string of the molecule is O=S(=O)(c1csc2ccccc12)N1CCOCC1CO. The maximum absolute atomic E-state index is 12.8. The number of morpholine rings is 1. The van der Waals surface area contributed by atoms with Crippen LogP contribution in [0.25, 0.3) is 10.1 Å². The second-order valence-corrected chi connectivity index (χ2v) is 7.39. The van der Waals surface area contributed by atoms with Gasteiger partial charge in [-0.2, -0.15) is 4.31 Å². The number of hydrogen-bond acceptors (Lipinski definition) is 5. The van der Waals surface area contributed by atoms with E-state index in [0.29, 0.717) is 11.5 Å². The van der Waals surface area contributed by atoms with Crippen LogP contribution in [0.15, 0.2) is 34.5 Å². The minimum atomic E-state index is -3.60. The molecule has 20 heavy (non-hydrogen) atoms. The highest BCUT2D eigenvalue weighted by molar-refractivity contribution is 7.89. The van der Waals surface area contributed by atoms with Crippen molar-refractivity contribution in [1.29, 1.82) is 0 Å². The first kappa shape index (κ1) is 14.0. The molecule has 7 heteroatoms. The van der Waals surface area contributed by atoms with E-state index in [1.807, 2.05) is 24.3 Å². The van der Waals surface area contributed by atoms with Gasteiger partial charge >= 0.3 is 0 Å². The molecule has 0 saturated carbocycles. The lowest BCUT2D eigenvalue weighted by atomic mass is 10.3. The summed E-state index contributed by atoms with van der Waals surface area (Å²) < 4.78 is 33.1. The number of aliphatic hydroxyl groups excluding tert-OH is 1. The number of benzene rings is 1. The number of ether oxygens (including phenoxy) is 1. The van der Waals surface area contributed by atoms with Gasteiger partial charge in [-0.05, 0) is 6.07 Å². The number of sulfonamides is 1. The normalized spacial score (nSPS) is 21.4. The topological polar surface area (TPSA) is 66.8 Å². The summed E-state index contributed by atoms with van der Waals surface area (Å²) in [6.45, 7) is 0.634. The monoisotopic (exact) mass is 313 g/mol. The molecule has 1 aliphatic rings. The van der Waals surface area contributed by atoms with E-state index in [1.54, 1.807) is 5.38 Å². The van der Waals surface area contributed by atoms with E-state index < -0.39 is 16.1 Å². The number of nitrogens with zero attached hydrogens (tertiary/aromatic N) is 1. The van der Waals surface area contributed by atoms with Crippen molar-refractivity contribution in [2.45, 2.75) is 10.9 Å². The fraction of sp³-hybridized carbons (Fsp3) is 0.385. The average molecular weight is 313 g/mol. The quantitative estimate of drug-likeness (QED) is 0.927. The molecule has 0 amide bonds. The van der Waals surface area contributed by atoms with Gasteiger partial charge < -0.3 is 9.84 Å². The second-order valence-electron chi connectivity index (χ2n) is 4.62. The summed E-state index contributed by atoms with van der Waals surface area (Å²) >= 11 is 1.41. The Morgan fingerprint density at radius 1 is 1.40 bits per heavy atom. The molecule has 1 atom stereocenters. The summed E-state index contributed by atoms with van der Waals surface area (Å²) in [5, 5.41) is 11.8. The molecule has 1 fully saturated rings. The zero-order chi connectivity index (χ0) is 14.2.